The second kappa shape index (κ2) is 9.91. The van der Waals surface area contributed by atoms with Crippen molar-refractivity contribution in [3.8, 4) is 16.9 Å². The van der Waals surface area contributed by atoms with Crippen molar-refractivity contribution in [1.82, 2.24) is 9.79 Å². The number of ether oxygens (including phenoxy) is 3. The van der Waals surface area contributed by atoms with Crippen LogP contribution in [0.15, 0.2) is 42.5 Å². The molecule has 3 fully saturated rings. The van der Waals surface area contributed by atoms with Gasteiger partial charge in [-0.05, 0) is 73.9 Å². The Kier molecular flexibility index (Phi) is 7.06. The summed E-state index contributed by atoms with van der Waals surface area (Å²) in [5, 5.41) is 9.47. The molecule has 2 heterocycles. The normalized spacial score (nSPS) is 27.7. The predicted octanol–water partition coefficient (Wildman–Crippen LogP) is 3.74. The molecule has 0 bridgehead atoms. The van der Waals surface area contributed by atoms with Crippen LogP contribution in [0.2, 0.25) is 0 Å². The number of hydrogen-bond donors (Lipinski definition) is 2. The molecular formula is C28H36N2O7S. The lowest BCUT2D eigenvalue weighted by atomic mass is 9.87. The third-order valence-corrected chi connectivity index (χ3v) is 10.8. The van der Waals surface area contributed by atoms with Gasteiger partial charge in [0.15, 0.2) is 10.5 Å². The van der Waals surface area contributed by atoms with Crippen LogP contribution in [0.1, 0.15) is 56.6 Å². The maximum absolute atomic E-state index is 13.9. The van der Waals surface area contributed by atoms with Gasteiger partial charge < -0.3 is 14.2 Å². The molecule has 0 unspecified atom stereocenters. The fraction of sp³-hybridized carbons (Fsp3) is 0.536. The lowest BCUT2D eigenvalue weighted by molar-refractivity contribution is -0.157. The van der Waals surface area contributed by atoms with Crippen LogP contribution in [0.5, 0.6) is 5.75 Å². The Morgan fingerprint density at radius 1 is 1.08 bits per heavy atom. The molecule has 0 radical (unpaired) electrons. The minimum Gasteiger partial charge on any atom is -0.497 e. The number of piperidine rings is 1. The maximum Gasteiger partial charge on any atom is 0.266 e. The van der Waals surface area contributed by atoms with Crippen LogP contribution in [0.3, 0.4) is 0 Å². The third-order valence-electron chi connectivity index (χ3n) is 8.25. The van der Waals surface area contributed by atoms with Gasteiger partial charge in [-0.2, -0.15) is 0 Å². The zero-order valence-electron chi connectivity index (χ0n) is 22.3. The summed E-state index contributed by atoms with van der Waals surface area (Å²) >= 11 is 0. The first-order valence-corrected chi connectivity index (χ1v) is 14.5. The highest BCUT2D eigenvalue weighted by atomic mass is 32.2. The number of amides is 1. The van der Waals surface area contributed by atoms with Crippen molar-refractivity contribution in [2.24, 2.45) is 0 Å². The summed E-state index contributed by atoms with van der Waals surface area (Å²) in [6.07, 6.45) is 0.115. The zero-order chi connectivity index (χ0) is 27.3. The quantitative estimate of drug-likeness (QED) is 0.421. The number of hydrogen-bond acceptors (Lipinski definition) is 7. The van der Waals surface area contributed by atoms with Gasteiger partial charge in [-0.15, -0.1) is 0 Å². The van der Waals surface area contributed by atoms with Crippen molar-refractivity contribution < 1.29 is 32.6 Å². The molecule has 5 rings (SSSR count). The van der Waals surface area contributed by atoms with Crippen molar-refractivity contribution in [3.63, 3.8) is 0 Å². The molecule has 0 spiro atoms. The molecule has 38 heavy (non-hydrogen) atoms. The zero-order valence-corrected chi connectivity index (χ0v) is 23.1. The Labute approximate surface area is 224 Å². The smallest absolute Gasteiger partial charge is 0.266 e. The molecule has 3 atom stereocenters. The van der Waals surface area contributed by atoms with Crippen molar-refractivity contribution >= 4 is 15.9 Å². The molecular weight excluding hydrogens is 508 g/mol. The lowest BCUT2D eigenvalue weighted by Crippen LogP contribution is -2.57. The summed E-state index contributed by atoms with van der Waals surface area (Å²) in [5.41, 5.74) is 6.14. The van der Waals surface area contributed by atoms with Gasteiger partial charge in [-0.3, -0.25) is 10.0 Å². The highest BCUT2D eigenvalue weighted by molar-refractivity contribution is 7.91. The Hall–Kier alpha value is -2.50. The van der Waals surface area contributed by atoms with E-state index in [0.29, 0.717) is 25.9 Å². The van der Waals surface area contributed by atoms with Gasteiger partial charge in [0, 0.05) is 25.9 Å². The van der Waals surface area contributed by atoms with Crippen LogP contribution in [0.25, 0.3) is 11.1 Å². The number of rotatable bonds is 6. The number of sulfonamides is 1. The summed E-state index contributed by atoms with van der Waals surface area (Å²) in [6, 6.07) is 14.4. The molecule has 9 nitrogen and oxygen atoms in total. The first-order valence-electron chi connectivity index (χ1n) is 13.0. The van der Waals surface area contributed by atoms with E-state index in [0.717, 1.165) is 22.4 Å². The number of benzene rings is 2. The van der Waals surface area contributed by atoms with E-state index in [9.17, 15) is 18.4 Å². The Bertz CT molecular complexity index is 1300. The van der Waals surface area contributed by atoms with Crippen molar-refractivity contribution in [2.45, 2.75) is 75.1 Å². The topological polar surface area (TPSA) is 114 Å². The van der Waals surface area contributed by atoms with E-state index in [-0.39, 0.29) is 18.8 Å². The van der Waals surface area contributed by atoms with Crippen LogP contribution in [0.4, 0.5) is 0 Å². The van der Waals surface area contributed by atoms with Crippen LogP contribution in [-0.4, -0.2) is 66.8 Å². The Morgan fingerprint density at radius 2 is 1.74 bits per heavy atom. The Morgan fingerprint density at radius 3 is 2.32 bits per heavy atom. The first-order chi connectivity index (χ1) is 18.0. The minimum absolute atomic E-state index is 0.0549. The van der Waals surface area contributed by atoms with Crippen molar-refractivity contribution in [2.75, 3.05) is 20.2 Å². The number of carbonyl (C=O) groups excluding carboxylic acids is 1. The number of nitrogens with zero attached hydrogens (tertiary/aromatic N) is 1. The molecule has 2 aromatic carbocycles. The molecule has 1 aliphatic carbocycles. The van der Waals surface area contributed by atoms with E-state index in [4.69, 9.17) is 14.2 Å². The first kappa shape index (κ1) is 27.1. The fourth-order valence-electron chi connectivity index (χ4n) is 6.34. The van der Waals surface area contributed by atoms with E-state index in [1.807, 2.05) is 18.2 Å². The lowest BCUT2D eigenvalue weighted by Gasteiger charge is -2.38. The number of aryl methyl sites for hydroxylation is 1. The molecule has 206 valence electrons. The van der Waals surface area contributed by atoms with E-state index >= 15 is 0 Å². The average molecular weight is 545 g/mol. The molecule has 2 N–H and O–H groups in total. The average Bonchev–Trinajstić information content (AvgIpc) is 3.39. The number of nitrogens with one attached hydrogen (secondary N) is 1. The van der Waals surface area contributed by atoms with Crippen molar-refractivity contribution in [1.29, 1.82) is 0 Å². The molecule has 2 aromatic rings. The van der Waals surface area contributed by atoms with Gasteiger partial charge in [0.2, 0.25) is 10.0 Å². The van der Waals surface area contributed by atoms with Crippen LogP contribution >= 0.6 is 0 Å². The summed E-state index contributed by atoms with van der Waals surface area (Å²) < 4.78 is 44.5. The highest BCUT2D eigenvalue weighted by Crippen LogP contribution is 2.48. The van der Waals surface area contributed by atoms with Gasteiger partial charge >= 0.3 is 0 Å². The van der Waals surface area contributed by atoms with Crippen molar-refractivity contribution in [3.05, 3.63) is 53.6 Å². The SMILES string of the molecule is COc1cccc(-c2ccc(C3CCN(S(=O)(=O)[C@@]4(C(=O)NO)C[C@@H]5OC(C)(C)O[C@@H]5C4)CC3)cc2C)c1. The van der Waals surface area contributed by atoms with Gasteiger partial charge in [0.1, 0.15) is 5.75 Å². The molecule has 3 aliphatic rings. The van der Waals surface area contributed by atoms with Crippen LogP contribution in [-0.2, 0) is 24.3 Å². The summed E-state index contributed by atoms with van der Waals surface area (Å²) in [5.74, 6) is -0.750. The van der Waals surface area contributed by atoms with E-state index in [1.165, 1.54) is 9.87 Å². The molecule has 2 saturated heterocycles. The van der Waals surface area contributed by atoms with Gasteiger partial charge in [-0.25, -0.2) is 18.2 Å². The van der Waals surface area contributed by atoms with E-state index in [2.05, 4.69) is 31.2 Å². The molecule has 10 heteroatoms. The largest absolute Gasteiger partial charge is 0.497 e. The minimum atomic E-state index is -4.09. The molecule has 1 amide bonds. The van der Waals surface area contributed by atoms with Gasteiger partial charge in [-0.1, -0.05) is 30.3 Å². The summed E-state index contributed by atoms with van der Waals surface area (Å²) in [7, 11) is -2.43. The fourth-order valence-corrected chi connectivity index (χ4v) is 8.55. The number of fused-ring (bicyclic) bond motifs is 1. The van der Waals surface area contributed by atoms with Crippen LogP contribution < -0.4 is 10.2 Å². The van der Waals surface area contributed by atoms with Crippen LogP contribution in [0, 0.1) is 6.92 Å². The van der Waals surface area contributed by atoms with Gasteiger partial charge in [0.25, 0.3) is 5.91 Å². The maximum atomic E-state index is 13.9. The second-order valence-electron chi connectivity index (χ2n) is 11.0. The number of methoxy groups -OCH3 is 1. The number of carbonyl (C=O) groups is 1. The van der Waals surface area contributed by atoms with Gasteiger partial charge in [0.05, 0.1) is 19.3 Å². The standard InChI is InChI=1S/C28H36N2O7S/c1-18-14-20(8-9-23(18)21-6-5-7-22(15-21)35-4)19-10-12-30(13-11-19)38(33,34)28(26(31)29-32)16-24-25(17-28)37-27(2,3)36-24/h5-9,14-15,19,24-25,32H,10-13,16-17H2,1-4H3,(H,29,31)/t24-,25+,28-. The number of hydroxylamine groups is 1. The molecule has 1 saturated carbocycles. The predicted molar refractivity (Wildman–Crippen MR) is 141 cm³/mol. The molecule has 2 aliphatic heterocycles. The summed E-state index contributed by atoms with van der Waals surface area (Å²) in [6.45, 7) is 6.21. The Balaban J connectivity index is 1.31. The monoisotopic (exact) mass is 544 g/mol. The molecule has 0 aromatic heterocycles. The second-order valence-corrected chi connectivity index (χ2v) is 13.3. The third kappa shape index (κ3) is 4.62. The van der Waals surface area contributed by atoms with E-state index in [1.54, 1.807) is 26.4 Å². The highest BCUT2D eigenvalue weighted by Gasteiger charge is 2.64. The summed E-state index contributed by atoms with van der Waals surface area (Å²) in [4.78, 5) is 12.8. The van der Waals surface area contributed by atoms with E-state index < -0.39 is 38.7 Å².